The number of aliphatic carboxylic acids is 1. The number of Topliss-reactive ketones (excluding diaryl/α,β-unsaturated/α-hetero) is 1. The maximum Gasteiger partial charge on any atom is 0.343 e. The Kier molecular flexibility index (Phi) is 4.17. The summed E-state index contributed by atoms with van der Waals surface area (Å²) in [6, 6.07) is 3.44. The summed E-state index contributed by atoms with van der Waals surface area (Å²) < 4.78 is 13.8. The quantitative estimate of drug-likeness (QED) is 0.840. The number of ketones is 1. The minimum absolute atomic E-state index is 0.0214. The Morgan fingerprint density at radius 2 is 2.15 bits per heavy atom. The monoisotopic (exact) mass is 299 g/mol. The van der Waals surface area contributed by atoms with Crippen molar-refractivity contribution in [2.45, 2.75) is 24.9 Å². The lowest BCUT2D eigenvalue weighted by Crippen LogP contribution is -2.38. The van der Waals surface area contributed by atoms with E-state index in [0.29, 0.717) is 4.88 Å². The number of hydrogen-bond donors (Lipinski definition) is 1. The second kappa shape index (κ2) is 5.70. The summed E-state index contributed by atoms with van der Waals surface area (Å²) >= 11 is 1.31. The Hall–Kier alpha value is -1.76. The van der Waals surface area contributed by atoms with Crippen LogP contribution in [0.2, 0.25) is 0 Å². The van der Waals surface area contributed by atoms with Gasteiger partial charge >= 0.3 is 5.97 Å². The molecule has 2 heterocycles. The summed E-state index contributed by atoms with van der Waals surface area (Å²) in [4.78, 5) is 36.1. The number of amides is 1. The van der Waals surface area contributed by atoms with E-state index in [0.717, 1.165) is 0 Å². The second-order valence-electron chi connectivity index (χ2n) is 4.74. The summed E-state index contributed by atoms with van der Waals surface area (Å²) in [6.07, 6.45) is -0.165. The van der Waals surface area contributed by atoms with Gasteiger partial charge in [0.15, 0.2) is 5.78 Å². The third-order valence-corrected chi connectivity index (χ3v) is 4.23. The van der Waals surface area contributed by atoms with Crippen molar-refractivity contribution in [3.63, 3.8) is 0 Å². The number of carbonyl (C=O) groups is 3. The lowest BCUT2D eigenvalue weighted by molar-refractivity contribution is -0.150. The molecular formula is C13H14FNO4S. The van der Waals surface area contributed by atoms with Crippen LogP contribution in [0.5, 0.6) is 0 Å². The van der Waals surface area contributed by atoms with Gasteiger partial charge in [0.05, 0.1) is 11.4 Å². The predicted octanol–water partition coefficient (Wildman–Crippen LogP) is 1.74. The summed E-state index contributed by atoms with van der Waals surface area (Å²) in [7, 11) is 0. The van der Waals surface area contributed by atoms with Gasteiger partial charge in [-0.25, -0.2) is 9.18 Å². The van der Waals surface area contributed by atoms with E-state index in [2.05, 4.69) is 0 Å². The summed E-state index contributed by atoms with van der Waals surface area (Å²) in [6.45, 7) is -0.358. The molecule has 1 N–H and O–H groups in total. The van der Waals surface area contributed by atoms with Gasteiger partial charge in [0.1, 0.15) is 0 Å². The normalized spacial score (nSPS) is 21.9. The number of rotatable bonds is 5. The van der Waals surface area contributed by atoms with Gasteiger partial charge in [0.25, 0.3) is 0 Å². The Morgan fingerprint density at radius 3 is 2.70 bits per heavy atom. The zero-order chi connectivity index (χ0) is 14.8. The highest BCUT2D eigenvalue weighted by Crippen LogP contribution is 2.26. The average molecular weight is 299 g/mol. The molecule has 0 radical (unpaired) electrons. The zero-order valence-corrected chi connectivity index (χ0v) is 11.5. The predicted molar refractivity (Wildman–Crippen MR) is 70.6 cm³/mol. The number of halogens is 1. The minimum Gasteiger partial charge on any atom is -0.479 e. The van der Waals surface area contributed by atoms with Crippen LogP contribution in [0.1, 0.15) is 28.9 Å². The molecule has 2 rings (SSSR count). The van der Waals surface area contributed by atoms with E-state index < -0.39 is 18.2 Å². The molecule has 1 aliphatic heterocycles. The molecule has 1 fully saturated rings. The number of likely N-dealkylation sites (tertiary alicyclic amines) is 1. The lowest BCUT2D eigenvalue weighted by atomic mass is 10.1. The van der Waals surface area contributed by atoms with Gasteiger partial charge in [-0.2, -0.15) is 0 Å². The van der Waals surface area contributed by atoms with Gasteiger partial charge in [-0.15, -0.1) is 11.3 Å². The number of nitrogens with zero attached hydrogens (tertiary/aromatic N) is 1. The van der Waals surface area contributed by atoms with Crippen molar-refractivity contribution >= 4 is 29.0 Å². The summed E-state index contributed by atoms with van der Waals surface area (Å²) in [5, 5.41) is 10.5. The zero-order valence-electron chi connectivity index (χ0n) is 10.7. The van der Waals surface area contributed by atoms with Crippen molar-refractivity contribution in [1.82, 2.24) is 4.90 Å². The molecule has 1 aliphatic rings. The highest BCUT2D eigenvalue weighted by Gasteiger charge is 2.46. The fraction of sp³-hybridized carbons (Fsp3) is 0.462. The Bertz CT molecular complexity index is 530. The van der Waals surface area contributed by atoms with E-state index in [1.165, 1.54) is 16.2 Å². The smallest absolute Gasteiger partial charge is 0.343 e. The van der Waals surface area contributed by atoms with Gasteiger partial charge in [-0.05, 0) is 11.4 Å². The molecule has 20 heavy (non-hydrogen) atoms. The number of thiophene rings is 1. The topological polar surface area (TPSA) is 74.7 Å². The second-order valence-corrected chi connectivity index (χ2v) is 5.68. The van der Waals surface area contributed by atoms with Crippen LogP contribution in [-0.2, 0) is 9.59 Å². The van der Waals surface area contributed by atoms with E-state index in [-0.39, 0.29) is 37.5 Å². The molecule has 0 spiro atoms. The molecule has 108 valence electrons. The van der Waals surface area contributed by atoms with Crippen LogP contribution in [0.3, 0.4) is 0 Å². The van der Waals surface area contributed by atoms with Crippen molar-refractivity contribution in [2.75, 3.05) is 13.1 Å². The average Bonchev–Trinajstić information content (AvgIpc) is 3.05. The number of carbonyl (C=O) groups excluding carboxylic acids is 2. The first-order valence-corrected chi connectivity index (χ1v) is 7.07. The molecule has 1 aromatic rings. The van der Waals surface area contributed by atoms with Crippen LogP contribution in [0.25, 0.3) is 0 Å². The van der Waals surface area contributed by atoms with Crippen LogP contribution in [0.4, 0.5) is 4.39 Å². The van der Waals surface area contributed by atoms with Crippen LogP contribution < -0.4 is 0 Å². The van der Waals surface area contributed by atoms with E-state index >= 15 is 0 Å². The first-order chi connectivity index (χ1) is 9.42. The van der Waals surface area contributed by atoms with Crippen molar-refractivity contribution < 1.29 is 23.9 Å². The van der Waals surface area contributed by atoms with Gasteiger partial charge < -0.3 is 10.0 Å². The molecule has 5 nitrogen and oxygen atoms in total. The largest absolute Gasteiger partial charge is 0.479 e. The summed E-state index contributed by atoms with van der Waals surface area (Å²) in [5.41, 5.74) is -2.35. The Labute approximate surface area is 119 Å². The third-order valence-electron chi connectivity index (χ3n) is 3.32. The molecule has 7 heteroatoms. The van der Waals surface area contributed by atoms with Crippen LogP contribution in [0.15, 0.2) is 17.5 Å². The molecule has 1 unspecified atom stereocenters. The van der Waals surface area contributed by atoms with E-state index in [9.17, 15) is 18.8 Å². The molecule has 0 aromatic carbocycles. The third kappa shape index (κ3) is 3.04. The fourth-order valence-electron chi connectivity index (χ4n) is 2.10. The number of alkyl halides is 1. The van der Waals surface area contributed by atoms with Crippen LogP contribution in [-0.4, -0.2) is 46.4 Å². The molecule has 0 saturated carbocycles. The first-order valence-electron chi connectivity index (χ1n) is 6.19. The number of hydrogen-bond acceptors (Lipinski definition) is 4. The summed E-state index contributed by atoms with van der Waals surface area (Å²) in [5.74, 6) is -2.05. The van der Waals surface area contributed by atoms with Gasteiger partial charge in [0, 0.05) is 25.8 Å². The lowest BCUT2D eigenvalue weighted by Gasteiger charge is -2.17. The van der Waals surface area contributed by atoms with Crippen LogP contribution >= 0.6 is 11.3 Å². The van der Waals surface area contributed by atoms with Gasteiger partial charge in [-0.3, -0.25) is 9.59 Å². The van der Waals surface area contributed by atoms with Crippen molar-refractivity contribution in [3.05, 3.63) is 22.4 Å². The van der Waals surface area contributed by atoms with Crippen molar-refractivity contribution in [1.29, 1.82) is 0 Å². The first kappa shape index (κ1) is 14.6. The maximum atomic E-state index is 13.8. The highest BCUT2D eigenvalue weighted by molar-refractivity contribution is 7.12. The molecule has 1 atom stereocenters. The Morgan fingerprint density at radius 1 is 1.40 bits per heavy atom. The van der Waals surface area contributed by atoms with Crippen molar-refractivity contribution in [2.24, 2.45) is 0 Å². The Balaban J connectivity index is 1.85. The van der Waals surface area contributed by atoms with Gasteiger partial charge in [0.2, 0.25) is 11.6 Å². The number of carboxylic acid groups (broad SMARTS) is 1. The molecule has 0 bridgehead atoms. The fourth-order valence-corrected chi connectivity index (χ4v) is 2.79. The maximum absolute atomic E-state index is 13.8. The highest BCUT2D eigenvalue weighted by atomic mass is 32.1. The molecule has 0 aliphatic carbocycles. The van der Waals surface area contributed by atoms with Crippen LogP contribution in [0, 0.1) is 0 Å². The molecular weight excluding hydrogens is 285 g/mol. The van der Waals surface area contributed by atoms with E-state index in [4.69, 9.17) is 5.11 Å². The minimum atomic E-state index is -2.35. The van der Waals surface area contributed by atoms with E-state index in [1.54, 1.807) is 17.5 Å². The van der Waals surface area contributed by atoms with Crippen molar-refractivity contribution in [3.8, 4) is 0 Å². The molecule has 1 aromatic heterocycles. The number of carboxylic acids is 1. The SMILES string of the molecule is O=C(CCC(=O)N1CCC(F)(C(=O)O)C1)c1cccs1. The molecule has 1 amide bonds. The van der Waals surface area contributed by atoms with E-state index in [1.807, 2.05) is 0 Å². The standard InChI is InChI=1S/C13H14FNO4S/c14-13(12(18)19)5-6-15(8-13)11(17)4-3-9(16)10-2-1-7-20-10/h1-2,7H,3-6,8H2,(H,18,19). The molecule has 1 saturated heterocycles. The van der Waals surface area contributed by atoms with Gasteiger partial charge in [-0.1, -0.05) is 6.07 Å².